The Morgan fingerprint density at radius 2 is 1.94 bits per heavy atom. The van der Waals surface area contributed by atoms with Crippen LogP contribution in [0.2, 0.25) is 0 Å². The lowest BCUT2D eigenvalue weighted by atomic mass is 9.66. The van der Waals surface area contributed by atoms with Gasteiger partial charge in [0.2, 0.25) is 0 Å². The summed E-state index contributed by atoms with van der Waals surface area (Å²) in [5.41, 5.74) is -0.823. The summed E-state index contributed by atoms with van der Waals surface area (Å²) >= 11 is 0. The fourth-order valence-electron chi connectivity index (χ4n) is 2.39. The van der Waals surface area contributed by atoms with E-state index in [-0.39, 0.29) is 17.9 Å². The van der Waals surface area contributed by atoms with Gasteiger partial charge in [-0.2, -0.15) is 0 Å². The van der Waals surface area contributed by atoms with E-state index in [0.717, 1.165) is 0 Å². The first kappa shape index (κ1) is 12.7. The average Bonchev–Trinajstić information content (AvgIpc) is 2.27. The number of esters is 2. The fourth-order valence-corrected chi connectivity index (χ4v) is 2.39. The number of hydrogen-bond acceptors (Lipinski definition) is 4. The Morgan fingerprint density at radius 3 is 2.44 bits per heavy atom. The molecular formula is C12H18O4. The van der Waals surface area contributed by atoms with E-state index in [1.54, 1.807) is 6.92 Å². The fraction of sp³-hybridized carbons (Fsp3) is 0.667. The van der Waals surface area contributed by atoms with Gasteiger partial charge in [0.25, 0.3) is 0 Å². The summed E-state index contributed by atoms with van der Waals surface area (Å²) < 4.78 is 9.55. The van der Waals surface area contributed by atoms with Crippen LogP contribution in [-0.2, 0) is 19.1 Å². The quantitative estimate of drug-likeness (QED) is 0.529. The van der Waals surface area contributed by atoms with Crippen LogP contribution in [0.15, 0.2) is 12.2 Å². The Morgan fingerprint density at radius 1 is 1.31 bits per heavy atom. The van der Waals surface area contributed by atoms with Gasteiger partial charge in [-0.15, -0.1) is 0 Å². The molecule has 1 aliphatic rings. The third kappa shape index (κ3) is 1.96. The minimum absolute atomic E-state index is 0.0229. The summed E-state index contributed by atoms with van der Waals surface area (Å²) in [6.45, 7) is 3.65. The zero-order chi connectivity index (χ0) is 12.3. The molecule has 0 aliphatic heterocycles. The number of carbonyl (C=O) groups excluding carboxylic acids is 2. The van der Waals surface area contributed by atoms with E-state index in [2.05, 4.69) is 0 Å². The first-order valence-corrected chi connectivity index (χ1v) is 5.30. The lowest BCUT2D eigenvalue weighted by Crippen LogP contribution is -2.45. The van der Waals surface area contributed by atoms with Crippen LogP contribution < -0.4 is 0 Å². The maximum Gasteiger partial charge on any atom is 0.312 e. The average molecular weight is 226 g/mol. The molecule has 0 aromatic heterocycles. The molecule has 4 heteroatoms. The van der Waals surface area contributed by atoms with Gasteiger partial charge < -0.3 is 9.47 Å². The molecule has 90 valence electrons. The Bertz CT molecular complexity index is 321. The predicted octanol–water partition coefficient (Wildman–Crippen LogP) is 1.55. The summed E-state index contributed by atoms with van der Waals surface area (Å²) in [6, 6.07) is 0. The van der Waals surface area contributed by atoms with Crippen LogP contribution in [0.1, 0.15) is 20.3 Å². The molecule has 0 fully saturated rings. The third-order valence-electron chi connectivity index (χ3n) is 3.30. The van der Waals surface area contributed by atoms with Crippen LogP contribution in [0, 0.1) is 17.3 Å². The standard InChI is InChI=1S/C12H18O4/c1-8-6-5-7-12(2,11(14)16-4)9(8)10(13)15-3/h5-6,8-9H,7H2,1-4H3. The molecule has 1 rings (SSSR count). The second-order valence-corrected chi connectivity index (χ2v) is 4.40. The summed E-state index contributed by atoms with van der Waals surface area (Å²) in [4.78, 5) is 23.6. The Labute approximate surface area is 95.6 Å². The zero-order valence-corrected chi connectivity index (χ0v) is 10.1. The van der Waals surface area contributed by atoms with Crippen LogP contribution in [-0.4, -0.2) is 26.2 Å². The van der Waals surface area contributed by atoms with Gasteiger partial charge in [-0.05, 0) is 19.3 Å². The van der Waals surface area contributed by atoms with Crippen molar-refractivity contribution < 1.29 is 19.1 Å². The van der Waals surface area contributed by atoms with Crippen molar-refractivity contribution in [3.63, 3.8) is 0 Å². The highest BCUT2D eigenvalue weighted by atomic mass is 16.5. The van der Waals surface area contributed by atoms with Gasteiger partial charge in [0.1, 0.15) is 0 Å². The van der Waals surface area contributed by atoms with Crippen LogP contribution in [0.4, 0.5) is 0 Å². The summed E-state index contributed by atoms with van der Waals surface area (Å²) in [5.74, 6) is -1.22. The molecule has 4 nitrogen and oxygen atoms in total. The van der Waals surface area contributed by atoms with Crippen molar-refractivity contribution in [2.75, 3.05) is 14.2 Å². The highest BCUT2D eigenvalue weighted by molar-refractivity contribution is 5.86. The molecule has 0 radical (unpaired) electrons. The normalized spacial score (nSPS) is 33.2. The van der Waals surface area contributed by atoms with Gasteiger partial charge in [-0.25, -0.2) is 0 Å². The SMILES string of the molecule is COC(=O)C1C(C)C=CCC1(C)C(=O)OC. The molecule has 0 aromatic rings. The van der Waals surface area contributed by atoms with Crippen molar-refractivity contribution in [2.45, 2.75) is 20.3 Å². The lowest BCUT2D eigenvalue weighted by Gasteiger charge is -2.37. The summed E-state index contributed by atoms with van der Waals surface area (Å²) in [7, 11) is 2.68. The molecule has 0 heterocycles. The Hall–Kier alpha value is -1.32. The van der Waals surface area contributed by atoms with E-state index in [9.17, 15) is 9.59 Å². The monoisotopic (exact) mass is 226 g/mol. The topological polar surface area (TPSA) is 52.6 Å². The molecule has 0 saturated carbocycles. The number of hydrogen-bond donors (Lipinski definition) is 0. The molecule has 1 aliphatic carbocycles. The van der Waals surface area contributed by atoms with Gasteiger partial charge in [0.05, 0.1) is 25.6 Å². The molecule has 0 saturated heterocycles. The van der Waals surface area contributed by atoms with Crippen LogP contribution >= 0.6 is 0 Å². The number of carbonyl (C=O) groups is 2. The van der Waals surface area contributed by atoms with E-state index in [0.29, 0.717) is 6.42 Å². The van der Waals surface area contributed by atoms with Gasteiger partial charge in [-0.3, -0.25) is 9.59 Å². The minimum atomic E-state index is -0.823. The molecule has 0 amide bonds. The van der Waals surface area contributed by atoms with Crippen molar-refractivity contribution in [3.05, 3.63) is 12.2 Å². The summed E-state index contributed by atoms with van der Waals surface area (Å²) in [5, 5.41) is 0. The van der Waals surface area contributed by atoms with Crippen molar-refractivity contribution >= 4 is 11.9 Å². The van der Waals surface area contributed by atoms with E-state index in [4.69, 9.17) is 9.47 Å². The largest absolute Gasteiger partial charge is 0.469 e. The number of methoxy groups -OCH3 is 2. The summed E-state index contributed by atoms with van der Waals surface area (Å²) in [6.07, 6.45) is 4.36. The zero-order valence-electron chi connectivity index (χ0n) is 10.1. The lowest BCUT2D eigenvalue weighted by molar-refractivity contribution is -0.167. The van der Waals surface area contributed by atoms with Gasteiger partial charge >= 0.3 is 11.9 Å². The van der Waals surface area contributed by atoms with Gasteiger partial charge in [0, 0.05) is 0 Å². The van der Waals surface area contributed by atoms with Gasteiger partial charge in [0.15, 0.2) is 0 Å². The first-order chi connectivity index (χ1) is 7.47. The molecule has 16 heavy (non-hydrogen) atoms. The van der Waals surface area contributed by atoms with Crippen molar-refractivity contribution in [3.8, 4) is 0 Å². The van der Waals surface area contributed by atoms with E-state index < -0.39 is 11.3 Å². The highest BCUT2D eigenvalue weighted by Gasteiger charge is 2.49. The van der Waals surface area contributed by atoms with Crippen LogP contribution in [0.5, 0.6) is 0 Å². The predicted molar refractivity (Wildman–Crippen MR) is 58.6 cm³/mol. The molecule has 0 N–H and O–H groups in total. The molecule has 3 unspecified atom stereocenters. The maximum absolute atomic E-state index is 11.8. The molecule has 0 spiro atoms. The molecule has 0 bridgehead atoms. The first-order valence-electron chi connectivity index (χ1n) is 5.30. The number of allylic oxidation sites excluding steroid dienone is 2. The van der Waals surface area contributed by atoms with Gasteiger partial charge in [-0.1, -0.05) is 19.1 Å². The van der Waals surface area contributed by atoms with E-state index in [1.165, 1.54) is 14.2 Å². The smallest absolute Gasteiger partial charge is 0.312 e. The minimum Gasteiger partial charge on any atom is -0.469 e. The Balaban J connectivity index is 3.10. The van der Waals surface area contributed by atoms with Crippen molar-refractivity contribution in [2.24, 2.45) is 17.3 Å². The molecular weight excluding hydrogens is 208 g/mol. The third-order valence-corrected chi connectivity index (χ3v) is 3.30. The van der Waals surface area contributed by atoms with Crippen molar-refractivity contribution in [1.29, 1.82) is 0 Å². The highest BCUT2D eigenvalue weighted by Crippen LogP contribution is 2.42. The second-order valence-electron chi connectivity index (χ2n) is 4.40. The number of ether oxygens (including phenoxy) is 2. The van der Waals surface area contributed by atoms with E-state index in [1.807, 2.05) is 19.1 Å². The Kier molecular flexibility index (Phi) is 3.73. The second kappa shape index (κ2) is 4.68. The van der Waals surface area contributed by atoms with Crippen LogP contribution in [0.25, 0.3) is 0 Å². The van der Waals surface area contributed by atoms with E-state index >= 15 is 0 Å². The van der Waals surface area contributed by atoms with Crippen molar-refractivity contribution in [1.82, 2.24) is 0 Å². The molecule has 0 aromatic carbocycles. The number of rotatable bonds is 2. The molecule has 3 atom stereocenters. The maximum atomic E-state index is 11.8. The van der Waals surface area contributed by atoms with Crippen LogP contribution in [0.3, 0.4) is 0 Å².